The molecule has 0 spiro atoms. The molecule has 10 heteroatoms. The second-order valence-corrected chi connectivity index (χ2v) is 7.29. The summed E-state index contributed by atoms with van der Waals surface area (Å²) in [6.45, 7) is 4.58. The van der Waals surface area contributed by atoms with Crippen molar-refractivity contribution in [3.63, 3.8) is 0 Å². The van der Waals surface area contributed by atoms with Crippen LogP contribution in [0.5, 0.6) is 0 Å². The van der Waals surface area contributed by atoms with Gasteiger partial charge in [0.05, 0.1) is 24.2 Å². The molecule has 26 heavy (non-hydrogen) atoms. The maximum atomic E-state index is 12.7. The predicted molar refractivity (Wildman–Crippen MR) is 92.0 cm³/mol. The summed E-state index contributed by atoms with van der Waals surface area (Å²) in [5, 5.41) is 30.6. The molecular formula is C16H23N5O5. The van der Waals surface area contributed by atoms with E-state index in [-0.39, 0.29) is 5.82 Å². The molecule has 3 heterocycles. The van der Waals surface area contributed by atoms with Gasteiger partial charge >= 0.3 is 6.09 Å². The predicted octanol–water partition coefficient (Wildman–Crippen LogP) is -0.0854. The van der Waals surface area contributed by atoms with E-state index in [4.69, 9.17) is 10.5 Å². The van der Waals surface area contributed by atoms with Crippen molar-refractivity contribution in [3.05, 3.63) is 18.1 Å². The van der Waals surface area contributed by atoms with Crippen molar-refractivity contribution >= 4 is 22.9 Å². The number of anilines is 1. The van der Waals surface area contributed by atoms with Crippen molar-refractivity contribution in [2.75, 3.05) is 12.3 Å². The number of aromatic amines is 1. The van der Waals surface area contributed by atoms with Crippen molar-refractivity contribution in [2.45, 2.75) is 50.7 Å². The van der Waals surface area contributed by atoms with Crippen LogP contribution >= 0.6 is 0 Å². The summed E-state index contributed by atoms with van der Waals surface area (Å²) in [6.07, 6.45) is -0.619. The van der Waals surface area contributed by atoms with Crippen molar-refractivity contribution in [3.8, 4) is 0 Å². The Morgan fingerprint density at radius 2 is 2.04 bits per heavy atom. The number of rotatable bonds is 2. The molecule has 1 aliphatic rings. The van der Waals surface area contributed by atoms with Crippen molar-refractivity contribution in [1.29, 1.82) is 0 Å². The molecule has 0 unspecified atom stereocenters. The number of H-pyrrole nitrogens is 1. The summed E-state index contributed by atoms with van der Waals surface area (Å²) in [6, 6.07) is -1.99. The third-order valence-electron chi connectivity index (χ3n) is 4.36. The Bertz CT molecular complexity index is 817. The molecule has 0 radical (unpaired) electrons. The molecule has 10 nitrogen and oxygen atoms in total. The molecule has 1 amide bonds. The van der Waals surface area contributed by atoms with Crippen LogP contribution in [0.4, 0.5) is 10.6 Å². The first-order valence-corrected chi connectivity index (χ1v) is 8.21. The highest BCUT2D eigenvalue weighted by Gasteiger charge is 2.52. The maximum absolute atomic E-state index is 12.7. The van der Waals surface area contributed by atoms with Crippen molar-refractivity contribution < 1.29 is 24.9 Å². The number of fused-ring (bicyclic) bond motifs is 1. The monoisotopic (exact) mass is 365 g/mol. The SMILES string of the molecule is CC(C)(C)OC(=O)N1[C@H](CO)[C@@H](O)[C@H](O)[C@@H]1c1c[nH]c2c(N)ncnc12. The largest absolute Gasteiger partial charge is 0.444 e. The lowest BCUT2D eigenvalue weighted by molar-refractivity contribution is -0.000805. The van der Waals surface area contributed by atoms with E-state index in [2.05, 4.69) is 15.0 Å². The molecule has 1 saturated heterocycles. The summed E-state index contributed by atoms with van der Waals surface area (Å²) in [5.41, 5.74) is 6.36. The van der Waals surface area contributed by atoms with E-state index in [1.54, 1.807) is 27.0 Å². The van der Waals surface area contributed by atoms with Gasteiger partial charge in [0.1, 0.15) is 29.7 Å². The van der Waals surface area contributed by atoms with Crippen molar-refractivity contribution in [2.24, 2.45) is 0 Å². The molecule has 1 aliphatic heterocycles. The third kappa shape index (κ3) is 2.96. The maximum Gasteiger partial charge on any atom is 0.411 e. The highest BCUT2D eigenvalue weighted by atomic mass is 16.6. The van der Waals surface area contributed by atoms with Crippen LogP contribution in [0.1, 0.15) is 32.4 Å². The Kier molecular flexibility index (Phi) is 4.51. The minimum atomic E-state index is -1.35. The van der Waals surface area contributed by atoms with Gasteiger partial charge in [-0.05, 0) is 20.8 Å². The average Bonchev–Trinajstić information content (AvgIpc) is 3.07. The molecule has 0 aliphatic carbocycles. The van der Waals surface area contributed by atoms with Crippen LogP contribution in [0, 0.1) is 0 Å². The van der Waals surface area contributed by atoms with Gasteiger partial charge in [-0.2, -0.15) is 0 Å². The molecular weight excluding hydrogens is 342 g/mol. The van der Waals surface area contributed by atoms with Crippen LogP contribution in [0.2, 0.25) is 0 Å². The molecule has 2 aromatic heterocycles. The highest BCUT2D eigenvalue weighted by molar-refractivity contribution is 5.88. The first-order valence-electron chi connectivity index (χ1n) is 8.21. The number of hydrogen-bond donors (Lipinski definition) is 5. The first-order chi connectivity index (χ1) is 12.2. The fourth-order valence-electron chi connectivity index (χ4n) is 3.25. The molecule has 0 saturated carbocycles. The van der Waals surface area contributed by atoms with E-state index in [1.165, 1.54) is 6.33 Å². The Hall–Kier alpha value is -2.43. The summed E-state index contributed by atoms with van der Waals surface area (Å²) in [4.78, 5) is 24.9. The van der Waals surface area contributed by atoms with Crippen molar-refractivity contribution in [1.82, 2.24) is 19.9 Å². The van der Waals surface area contributed by atoms with E-state index in [9.17, 15) is 20.1 Å². The van der Waals surface area contributed by atoms with Gasteiger partial charge in [-0.25, -0.2) is 14.8 Å². The van der Waals surface area contributed by atoms with E-state index < -0.39 is 42.6 Å². The average molecular weight is 365 g/mol. The number of ether oxygens (including phenoxy) is 1. The third-order valence-corrected chi connectivity index (χ3v) is 4.36. The number of likely N-dealkylation sites (tertiary alicyclic amines) is 1. The fourth-order valence-corrected chi connectivity index (χ4v) is 3.25. The molecule has 0 aromatic carbocycles. The van der Waals surface area contributed by atoms with E-state index >= 15 is 0 Å². The topological polar surface area (TPSA) is 158 Å². The highest BCUT2D eigenvalue weighted by Crippen LogP contribution is 2.40. The first kappa shape index (κ1) is 18.4. The lowest BCUT2D eigenvalue weighted by Gasteiger charge is -2.32. The number of aliphatic hydroxyl groups excluding tert-OH is 3. The van der Waals surface area contributed by atoms with Crippen LogP contribution < -0.4 is 5.73 Å². The Morgan fingerprint density at radius 3 is 2.65 bits per heavy atom. The summed E-state index contributed by atoms with van der Waals surface area (Å²) < 4.78 is 5.40. The Labute approximate surface area is 149 Å². The lowest BCUT2D eigenvalue weighted by atomic mass is 10.0. The summed E-state index contributed by atoms with van der Waals surface area (Å²) in [7, 11) is 0. The molecule has 3 rings (SSSR count). The standard InChI is InChI=1S/C16H23N5O5/c1-16(2,3)26-15(25)21-8(5-22)12(23)13(24)11(21)7-4-18-10-9(7)19-6-20-14(10)17/h4,6,8,11-13,18,22-24H,5H2,1-3H3,(H2,17,19,20)/t8-,11+,12-,13-/m1/s1. The molecule has 1 fully saturated rings. The van der Waals surface area contributed by atoms with Gasteiger partial charge in [-0.3, -0.25) is 4.90 Å². The van der Waals surface area contributed by atoms with Gasteiger partial charge < -0.3 is 30.8 Å². The second-order valence-electron chi connectivity index (χ2n) is 7.29. The van der Waals surface area contributed by atoms with Gasteiger partial charge in [0.2, 0.25) is 0 Å². The van der Waals surface area contributed by atoms with E-state index in [0.29, 0.717) is 16.6 Å². The summed E-state index contributed by atoms with van der Waals surface area (Å²) >= 11 is 0. The molecule has 6 N–H and O–H groups in total. The van der Waals surface area contributed by atoms with Gasteiger partial charge in [0, 0.05) is 11.8 Å². The zero-order chi connectivity index (χ0) is 19.2. The molecule has 2 aromatic rings. The number of nitrogens with two attached hydrogens (primary N) is 1. The number of amides is 1. The number of nitrogens with zero attached hydrogens (tertiary/aromatic N) is 3. The van der Waals surface area contributed by atoms with Crippen LogP contribution in [0.25, 0.3) is 11.0 Å². The molecule has 0 bridgehead atoms. The van der Waals surface area contributed by atoms with Crippen LogP contribution in [-0.4, -0.2) is 71.7 Å². The van der Waals surface area contributed by atoms with E-state index in [0.717, 1.165) is 4.90 Å². The number of carbonyl (C=O) groups excluding carboxylic acids is 1. The van der Waals surface area contributed by atoms with Crippen LogP contribution in [-0.2, 0) is 4.74 Å². The molecule has 142 valence electrons. The number of carbonyl (C=O) groups is 1. The number of hydrogen-bond acceptors (Lipinski definition) is 8. The number of aromatic nitrogens is 3. The van der Waals surface area contributed by atoms with Gasteiger partial charge in [-0.15, -0.1) is 0 Å². The Balaban J connectivity index is 2.09. The lowest BCUT2D eigenvalue weighted by Crippen LogP contribution is -2.45. The van der Waals surface area contributed by atoms with Crippen LogP contribution in [0.3, 0.4) is 0 Å². The minimum Gasteiger partial charge on any atom is -0.444 e. The zero-order valence-electron chi connectivity index (χ0n) is 14.7. The Morgan fingerprint density at radius 1 is 1.35 bits per heavy atom. The summed E-state index contributed by atoms with van der Waals surface area (Å²) in [5.74, 6) is 0.219. The normalized spacial score (nSPS) is 26.5. The second kappa shape index (κ2) is 6.38. The zero-order valence-corrected chi connectivity index (χ0v) is 14.7. The number of nitrogen functional groups attached to an aromatic ring is 1. The van der Waals surface area contributed by atoms with Gasteiger partial charge in [-0.1, -0.05) is 0 Å². The minimum absolute atomic E-state index is 0.219. The molecule has 4 atom stereocenters. The quantitative estimate of drug-likeness (QED) is 0.494. The fraction of sp³-hybridized carbons (Fsp3) is 0.562. The number of aliphatic hydroxyl groups is 3. The van der Waals surface area contributed by atoms with Gasteiger partial charge in [0.25, 0.3) is 0 Å². The van der Waals surface area contributed by atoms with Gasteiger partial charge in [0.15, 0.2) is 5.82 Å². The smallest absolute Gasteiger partial charge is 0.411 e. The number of nitrogens with one attached hydrogen (secondary N) is 1. The van der Waals surface area contributed by atoms with Crippen LogP contribution in [0.15, 0.2) is 12.5 Å². The van der Waals surface area contributed by atoms with E-state index in [1.807, 2.05) is 0 Å².